The van der Waals surface area contributed by atoms with Crippen molar-refractivity contribution in [2.45, 2.75) is 98.1 Å². The zero-order valence-corrected chi connectivity index (χ0v) is 23.4. The molecule has 1 aromatic carbocycles. The number of hydrogen-bond donors (Lipinski definition) is 4. The normalized spacial score (nSPS) is 15.1. The Morgan fingerprint density at radius 2 is 1.83 bits per heavy atom. The summed E-state index contributed by atoms with van der Waals surface area (Å²) in [4.78, 5) is 23.7. The van der Waals surface area contributed by atoms with Crippen LogP contribution in [0, 0.1) is 17.8 Å². The molecule has 0 aliphatic heterocycles. The summed E-state index contributed by atoms with van der Waals surface area (Å²) in [6.07, 6.45) is 3.86. The van der Waals surface area contributed by atoms with Gasteiger partial charge >= 0.3 is 0 Å². The lowest BCUT2D eigenvalue weighted by atomic mass is 9.80. The van der Waals surface area contributed by atoms with E-state index in [0.29, 0.717) is 31.1 Å². The molecule has 8 heteroatoms. The van der Waals surface area contributed by atoms with E-state index >= 15 is 0 Å². The average Bonchev–Trinajstić information content (AvgIpc) is 2.79. The van der Waals surface area contributed by atoms with E-state index in [9.17, 15) is 15.1 Å². The molecule has 0 bridgehead atoms. The number of carbonyl (C=O) groups excluding carboxylic acids is 2. The van der Waals surface area contributed by atoms with E-state index in [2.05, 4.69) is 64.1 Å². The van der Waals surface area contributed by atoms with Crippen molar-refractivity contribution in [1.82, 2.24) is 5.32 Å². The number of benzene rings is 1. The van der Waals surface area contributed by atoms with Crippen LogP contribution in [0.1, 0.15) is 85.3 Å². The van der Waals surface area contributed by atoms with E-state index in [0.717, 1.165) is 30.4 Å². The Kier molecular flexibility index (Phi) is 13.1. The fourth-order valence-electron chi connectivity index (χ4n) is 4.37. The summed E-state index contributed by atoms with van der Waals surface area (Å²) in [5.41, 5.74) is 23.6. The Hall–Kier alpha value is -2.48. The molecule has 0 aromatic heterocycles. The topological polar surface area (TPSA) is 144 Å². The first kappa shape index (κ1) is 31.5. The minimum absolute atomic E-state index is 0.00146. The Bertz CT molecular complexity index is 850. The smallest absolute Gasteiger partial charge is 0.255 e. The van der Waals surface area contributed by atoms with Gasteiger partial charge in [-0.1, -0.05) is 67.0 Å². The summed E-state index contributed by atoms with van der Waals surface area (Å²) in [6.45, 7) is 15.1. The van der Waals surface area contributed by atoms with Crippen LogP contribution in [-0.2, 0) is 21.4 Å². The van der Waals surface area contributed by atoms with Gasteiger partial charge in [0.1, 0.15) is 5.75 Å². The molecule has 0 fully saturated rings. The van der Waals surface area contributed by atoms with Crippen LogP contribution in [0.15, 0.2) is 18.2 Å². The molecule has 4 atom stereocenters. The van der Waals surface area contributed by atoms with E-state index in [4.69, 9.17) is 16.2 Å². The second kappa shape index (κ2) is 14.9. The highest BCUT2D eigenvalue weighted by Crippen LogP contribution is 2.34. The van der Waals surface area contributed by atoms with Gasteiger partial charge in [-0.15, -0.1) is 0 Å². The molecular weight excluding hydrogens is 454 g/mol. The molecular formula is C28H49N5O3. The highest BCUT2D eigenvalue weighted by molar-refractivity contribution is 5.78. The van der Waals surface area contributed by atoms with Gasteiger partial charge in [-0.3, -0.25) is 9.59 Å². The fourth-order valence-corrected chi connectivity index (χ4v) is 4.37. The Balaban J connectivity index is 2.97. The first-order valence-corrected chi connectivity index (χ1v) is 13.3. The SMILES string of the molecule is CCCCNC(=O)C(C)C[C@H](N)[C@H](C[C@H](Cc1ccc(C(C)(C)C)c(OCC(N)=O)c1)C(C)C)[NH+]=[N-]. The number of rotatable bonds is 16. The molecule has 0 aliphatic rings. The molecule has 204 valence electrons. The van der Waals surface area contributed by atoms with Gasteiger partial charge in [-0.05, 0) is 53.7 Å². The van der Waals surface area contributed by atoms with Crippen molar-refractivity contribution in [1.29, 1.82) is 0 Å². The molecule has 1 aromatic rings. The molecule has 1 rings (SSSR count). The number of primary amides is 1. The molecule has 36 heavy (non-hydrogen) atoms. The molecule has 2 amide bonds. The van der Waals surface area contributed by atoms with Gasteiger partial charge in [0.05, 0.1) is 6.04 Å². The van der Waals surface area contributed by atoms with Gasteiger partial charge in [0.2, 0.25) is 5.91 Å². The number of amides is 2. The van der Waals surface area contributed by atoms with Crippen molar-refractivity contribution < 1.29 is 19.4 Å². The molecule has 1 unspecified atom stereocenters. The summed E-state index contributed by atoms with van der Waals surface area (Å²) >= 11 is 0. The van der Waals surface area contributed by atoms with Crippen LogP contribution in [0.2, 0.25) is 0 Å². The van der Waals surface area contributed by atoms with Crippen LogP contribution in [-0.4, -0.2) is 37.0 Å². The van der Waals surface area contributed by atoms with Crippen molar-refractivity contribution in [3.05, 3.63) is 34.9 Å². The number of nitrogens with two attached hydrogens (primary N) is 2. The highest BCUT2D eigenvalue weighted by atomic mass is 16.5. The number of nitrogens with zero attached hydrogens (tertiary/aromatic N) is 1. The lowest BCUT2D eigenvalue weighted by Gasteiger charge is -2.28. The van der Waals surface area contributed by atoms with Gasteiger partial charge in [-0.2, -0.15) is 0 Å². The highest BCUT2D eigenvalue weighted by Gasteiger charge is 2.29. The minimum Gasteiger partial charge on any atom is -0.508 e. The van der Waals surface area contributed by atoms with Crippen LogP contribution in [0.25, 0.3) is 5.53 Å². The van der Waals surface area contributed by atoms with E-state index in [-0.39, 0.29) is 41.8 Å². The number of unbranched alkanes of at least 4 members (excludes halogenated alkanes) is 1. The molecule has 0 heterocycles. The van der Waals surface area contributed by atoms with Gasteiger partial charge < -0.3 is 32.2 Å². The van der Waals surface area contributed by atoms with Gasteiger partial charge in [0.25, 0.3) is 5.91 Å². The number of carbonyl (C=O) groups is 2. The van der Waals surface area contributed by atoms with Crippen molar-refractivity contribution in [2.75, 3.05) is 13.2 Å². The monoisotopic (exact) mass is 503 g/mol. The van der Waals surface area contributed by atoms with Crippen LogP contribution in [0.5, 0.6) is 5.75 Å². The summed E-state index contributed by atoms with van der Waals surface area (Å²) in [5, 5.41) is 5.37. The number of nitrogens with one attached hydrogen (secondary N) is 2. The Morgan fingerprint density at radius 3 is 2.36 bits per heavy atom. The molecule has 0 saturated heterocycles. The predicted octanol–water partition coefficient (Wildman–Crippen LogP) is 2.79. The van der Waals surface area contributed by atoms with Gasteiger partial charge in [-0.25, -0.2) is 0 Å². The quantitative estimate of drug-likeness (QED) is 0.203. The first-order chi connectivity index (χ1) is 16.8. The third-order valence-corrected chi connectivity index (χ3v) is 6.81. The maximum absolute atomic E-state index is 12.4. The minimum atomic E-state index is -0.514. The second-order valence-corrected chi connectivity index (χ2v) is 11.5. The molecule has 6 N–H and O–H groups in total. The second-order valence-electron chi connectivity index (χ2n) is 11.5. The van der Waals surface area contributed by atoms with E-state index in [1.54, 1.807) is 0 Å². The van der Waals surface area contributed by atoms with Crippen LogP contribution < -0.4 is 26.6 Å². The zero-order chi connectivity index (χ0) is 27.5. The number of ether oxygens (including phenoxy) is 1. The van der Waals surface area contributed by atoms with Crippen molar-refractivity contribution in [3.8, 4) is 5.75 Å². The summed E-state index contributed by atoms with van der Waals surface area (Å²) in [5.74, 6) is 0.467. The molecule has 0 spiro atoms. The van der Waals surface area contributed by atoms with Crippen molar-refractivity contribution >= 4 is 11.8 Å². The van der Waals surface area contributed by atoms with Crippen molar-refractivity contribution in [2.24, 2.45) is 29.2 Å². The first-order valence-electron chi connectivity index (χ1n) is 13.3. The average molecular weight is 504 g/mol. The van der Waals surface area contributed by atoms with Crippen LogP contribution in [0.4, 0.5) is 0 Å². The largest absolute Gasteiger partial charge is 0.508 e. The number of hydrogen-bond acceptors (Lipinski definition) is 4. The maximum Gasteiger partial charge on any atom is 0.255 e. The molecule has 0 aliphatic carbocycles. The summed E-state index contributed by atoms with van der Waals surface area (Å²) in [6, 6.07) is 5.42. The van der Waals surface area contributed by atoms with E-state index in [1.807, 2.05) is 13.0 Å². The molecule has 0 radical (unpaired) electrons. The third-order valence-electron chi connectivity index (χ3n) is 6.81. The van der Waals surface area contributed by atoms with Crippen LogP contribution in [0.3, 0.4) is 0 Å². The summed E-state index contributed by atoms with van der Waals surface area (Å²) in [7, 11) is 0. The molecule has 8 nitrogen and oxygen atoms in total. The summed E-state index contributed by atoms with van der Waals surface area (Å²) < 4.78 is 5.76. The van der Waals surface area contributed by atoms with Crippen LogP contribution >= 0.6 is 0 Å². The Labute approximate surface area is 217 Å². The standard InChI is InChI=1S/C28H49N5O3/c1-8-9-12-32-27(35)19(4)13-23(29)24(33-31)16-21(18(2)3)14-20-10-11-22(28(5,6)7)25(15-20)36-17-26(30)34/h10-11,15,18-19,21,23-24,33H,8-9,12-14,16-17,29H2,1-7H3,(H2,30,34)(H,32,35)/t19?,21-,23-,24-/m0/s1. The third kappa shape index (κ3) is 10.6. The van der Waals surface area contributed by atoms with Crippen molar-refractivity contribution in [3.63, 3.8) is 0 Å². The molecule has 0 saturated carbocycles. The predicted molar refractivity (Wildman–Crippen MR) is 144 cm³/mol. The fraction of sp³-hybridized carbons (Fsp3) is 0.714. The van der Waals surface area contributed by atoms with E-state index < -0.39 is 5.91 Å². The lowest BCUT2D eigenvalue weighted by Crippen LogP contribution is -2.77. The Morgan fingerprint density at radius 1 is 1.17 bits per heavy atom. The lowest BCUT2D eigenvalue weighted by molar-refractivity contribution is -0.532. The van der Waals surface area contributed by atoms with E-state index in [1.165, 1.54) is 0 Å². The maximum atomic E-state index is 12.4. The zero-order valence-electron chi connectivity index (χ0n) is 23.4. The van der Waals surface area contributed by atoms with Gasteiger partial charge in [0.15, 0.2) is 12.6 Å². The van der Waals surface area contributed by atoms with Gasteiger partial charge in [0, 0.05) is 18.9 Å².